The van der Waals surface area contributed by atoms with Crippen LogP contribution in [0.15, 0.2) is 24.5 Å². The smallest absolute Gasteiger partial charge is 0.287 e. The van der Waals surface area contributed by atoms with Crippen molar-refractivity contribution in [3.05, 3.63) is 35.8 Å². The third-order valence-electron chi connectivity index (χ3n) is 3.50. The van der Waals surface area contributed by atoms with Gasteiger partial charge in [0.2, 0.25) is 11.9 Å². The van der Waals surface area contributed by atoms with Crippen molar-refractivity contribution in [2.75, 3.05) is 16.8 Å². The first kappa shape index (κ1) is 15.3. The monoisotopic (exact) mass is 319 g/mol. The quantitative estimate of drug-likeness (QED) is 0.941. The third-order valence-corrected chi connectivity index (χ3v) is 3.50. The second-order valence-corrected chi connectivity index (χ2v) is 5.41. The SMILES string of the molecule is CC(=O)Nc1cc2c(cn1)CCN2c1nccc(C(C)(F)F)n1. The third kappa shape index (κ3) is 3.10. The number of rotatable bonds is 3. The van der Waals surface area contributed by atoms with Gasteiger partial charge in [0, 0.05) is 38.9 Å². The molecule has 23 heavy (non-hydrogen) atoms. The molecule has 1 aliphatic rings. The Labute approximate surface area is 131 Å². The van der Waals surface area contributed by atoms with Crippen LogP contribution in [0.2, 0.25) is 0 Å². The standard InChI is InChI=1S/C15H15F2N5O/c1-9(23)20-13-7-11-10(8-19-13)4-6-22(11)14-18-5-3-12(21-14)15(2,16)17/h3,5,7-8H,4,6H2,1-2H3,(H,19,20,23). The number of amides is 1. The van der Waals surface area contributed by atoms with E-state index in [2.05, 4.69) is 20.3 Å². The summed E-state index contributed by atoms with van der Waals surface area (Å²) >= 11 is 0. The molecule has 0 fully saturated rings. The van der Waals surface area contributed by atoms with Crippen LogP contribution in [0, 0.1) is 0 Å². The molecule has 8 heteroatoms. The molecule has 0 saturated carbocycles. The lowest BCUT2D eigenvalue weighted by molar-refractivity contribution is -0.114. The Hall–Kier alpha value is -2.64. The summed E-state index contributed by atoms with van der Waals surface area (Å²) in [5.74, 6) is -2.64. The lowest BCUT2D eigenvalue weighted by Crippen LogP contribution is -2.19. The molecule has 1 amide bonds. The van der Waals surface area contributed by atoms with E-state index in [-0.39, 0.29) is 17.5 Å². The van der Waals surface area contributed by atoms with Crippen LogP contribution in [-0.2, 0) is 17.1 Å². The van der Waals surface area contributed by atoms with Crippen molar-refractivity contribution in [3.8, 4) is 0 Å². The number of alkyl halides is 2. The highest BCUT2D eigenvalue weighted by Gasteiger charge is 2.29. The number of hydrogen-bond acceptors (Lipinski definition) is 5. The average molecular weight is 319 g/mol. The Kier molecular flexibility index (Phi) is 3.67. The number of nitrogens with zero attached hydrogens (tertiary/aromatic N) is 4. The van der Waals surface area contributed by atoms with E-state index < -0.39 is 5.92 Å². The fourth-order valence-electron chi connectivity index (χ4n) is 2.45. The van der Waals surface area contributed by atoms with Gasteiger partial charge in [-0.1, -0.05) is 0 Å². The summed E-state index contributed by atoms with van der Waals surface area (Å²) < 4.78 is 26.9. The second kappa shape index (κ2) is 5.53. The van der Waals surface area contributed by atoms with Crippen molar-refractivity contribution in [1.82, 2.24) is 15.0 Å². The Morgan fingerprint density at radius 2 is 2.17 bits per heavy atom. The first-order valence-corrected chi connectivity index (χ1v) is 7.10. The number of nitrogens with one attached hydrogen (secondary N) is 1. The maximum Gasteiger partial charge on any atom is 0.287 e. The van der Waals surface area contributed by atoms with Crippen LogP contribution in [0.3, 0.4) is 0 Å². The average Bonchev–Trinajstić information content (AvgIpc) is 2.89. The van der Waals surface area contributed by atoms with Gasteiger partial charge < -0.3 is 10.2 Å². The van der Waals surface area contributed by atoms with Crippen LogP contribution in [0.25, 0.3) is 0 Å². The molecule has 1 aliphatic heterocycles. The summed E-state index contributed by atoms with van der Waals surface area (Å²) in [6.07, 6.45) is 3.70. The van der Waals surface area contributed by atoms with Crippen LogP contribution in [-0.4, -0.2) is 27.4 Å². The van der Waals surface area contributed by atoms with E-state index >= 15 is 0 Å². The zero-order valence-corrected chi connectivity index (χ0v) is 12.7. The molecule has 0 radical (unpaired) electrons. The van der Waals surface area contributed by atoms with Crippen LogP contribution in [0.4, 0.5) is 26.2 Å². The summed E-state index contributed by atoms with van der Waals surface area (Å²) in [7, 11) is 0. The minimum atomic E-state index is -3.03. The molecule has 0 aliphatic carbocycles. The maximum absolute atomic E-state index is 13.5. The molecule has 1 N–H and O–H groups in total. The molecular weight excluding hydrogens is 304 g/mol. The number of pyridine rings is 1. The number of hydrogen-bond donors (Lipinski definition) is 1. The highest BCUT2D eigenvalue weighted by Crippen LogP contribution is 2.34. The van der Waals surface area contributed by atoms with Crippen molar-refractivity contribution in [2.45, 2.75) is 26.2 Å². The Balaban J connectivity index is 1.97. The summed E-state index contributed by atoms with van der Waals surface area (Å²) in [4.78, 5) is 25.1. The Morgan fingerprint density at radius 1 is 1.39 bits per heavy atom. The fraction of sp³-hybridized carbons (Fsp3) is 0.333. The van der Waals surface area contributed by atoms with Crippen molar-refractivity contribution in [3.63, 3.8) is 0 Å². The molecule has 0 bridgehead atoms. The number of halogens is 2. The van der Waals surface area contributed by atoms with Gasteiger partial charge in [-0.2, -0.15) is 8.78 Å². The molecule has 2 aromatic heterocycles. The lowest BCUT2D eigenvalue weighted by atomic mass is 10.2. The molecule has 0 saturated heterocycles. The molecule has 6 nitrogen and oxygen atoms in total. The molecule has 0 unspecified atom stereocenters. The number of anilines is 3. The highest BCUT2D eigenvalue weighted by molar-refractivity contribution is 5.88. The van der Waals surface area contributed by atoms with Gasteiger partial charge in [-0.15, -0.1) is 0 Å². The van der Waals surface area contributed by atoms with E-state index in [1.54, 1.807) is 17.2 Å². The van der Waals surface area contributed by atoms with Crippen molar-refractivity contribution >= 4 is 23.4 Å². The predicted molar refractivity (Wildman–Crippen MR) is 80.9 cm³/mol. The molecule has 3 rings (SSSR count). The number of fused-ring (bicyclic) bond motifs is 1. The van der Waals surface area contributed by atoms with Crippen molar-refractivity contribution in [1.29, 1.82) is 0 Å². The fourth-order valence-corrected chi connectivity index (χ4v) is 2.45. The van der Waals surface area contributed by atoms with Gasteiger partial charge in [-0.3, -0.25) is 4.79 Å². The zero-order chi connectivity index (χ0) is 16.6. The first-order chi connectivity index (χ1) is 10.8. The number of carbonyl (C=O) groups excluding carboxylic acids is 1. The normalized spacial score (nSPS) is 13.8. The lowest BCUT2D eigenvalue weighted by Gasteiger charge is -2.19. The van der Waals surface area contributed by atoms with Crippen molar-refractivity contribution < 1.29 is 13.6 Å². The maximum atomic E-state index is 13.5. The largest absolute Gasteiger partial charge is 0.311 e. The number of aromatic nitrogens is 3. The predicted octanol–water partition coefficient (Wildman–Crippen LogP) is 2.64. The van der Waals surface area contributed by atoms with E-state index in [1.165, 1.54) is 19.2 Å². The Bertz CT molecular complexity index is 760. The van der Waals surface area contributed by atoms with Crippen LogP contribution < -0.4 is 10.2 Å². The number of carbonyl (C=O) groups is 1. The van der Waals surface area contributed by atoms with Gasteiger partial charge in [0.05, 0.1) is 5.69 Å². The molecule has 3 heterocycles. The van der Waals surface area contributed by atoms with Gasteiger partial charge in [0.25, 0.3) is 5.92 Å². The topological polar surface area (TPSA) is 71.0 Å². The molecule has 2 aromatic rings. The molecule has 0 atom stereocenters. The highest BCUT2D eigenvalue weighted by atomic mass is 19.3. The van der Waals surface area contributed by atoms with Crippen LogP contribution in [0.1, 0.15) is 25.1 Å². The van der Waals surface area contributed by atoms with E-state index in [9.17, 15) is 13.6 Å². The van der Waals surface area contributed by atoms with E-state index in [4.69, 9.17) is 0 Å². The Morgan fingerprint density at radius 3 is 2.87 bits per heavy atom. The van der Waals surface area contributed by atoms with Gasteiger partial charge in [0.1, 0.15) is 11.5 Å². The molecule has 0 spiro atoms. The molecule has 120 valence electrons. The first-order valence-electron chi connectivity index (χ1n) is 7.10. The van der Waals surface area contributed by atoms with Crippen LogP contribution >= 0.6 is 0 Å². The van der Waals surface area contributed by atoms with Gasteiger partial charge >= 0.3 is 0 Å². The summed E-state index contributed by atoms with van der Waals surface area (Å²) in [5, 5.41) is 2.60. The zero-order valence-electron chi connectivity index (χ0n) is 12.7. The van der Waals surface area contributed by atoms with Gasteiger partial charge in [-0.25, -0.2) is 15.0 Å². The van der Waals surface area contributed by atoms with Crippen LogP contribution in [0.5, 0.6) is 0 Å². The summed E-state index contributed by atoms with van der Waals surface area (Å²) in [6, 6.07) is 2.90. The summed E-state index contributed by atoms with van der Waals surface area (Å²) in [5.41, 5.74) is 1.39. The minimum absolute atomic E-state index is 0.211. The molecule has 0 aromatic carbocycles. The van der Waals surface area contributed by atoms with Crippen molar-refractivity contribution in [2.24, 2.45) is 0 Å². The summed E-state index contributed by atoms with van der Waals surface area (Å²) in [6.45, 7) is 2.76. The van der Waals surface area contributed by atoms with E-state index in [1.807, 2.05) is 0 Å². The van der Waals surface area contributed by atoms with Gasteiger partial charge in [-0.05, 0) is 18.1 Å². The molecular formula is C15H15F2N5O. The van der Waals surface area contributed by atoms with Gasteiger partial charge in [0.15, 0.2) is 0 Å². The minimum Gasteiger partial charge on any atom is -0.311 e. The second-order valence-electron chi connectivity index (χ2n) is 5.41. The van der Waals surface area contributed by atoms with E-state index in [0.717, 1.165) is 18.2 Å². The van der Waals surface area contributed by atoms with E-state index in [0.29, 0.717) is 18.8 Å².